The fraction of sp³-hybridized carbons (Fsp3) is 0. The number of anilines is 2. The van der Waals surface area contributed by atoms with E-state index in [0.717, 1.165) is 10.1 Å². The molecule has 2 rings (SSSR count). The van der Waals surface area contributed by atoms with Gasteiger partial charge in [0.15, 0.2) is 0 Å². The predicted octanol–water partition coefficient (Wildman–Crippen LogP) is 2.72. The molecule has 0 amide bonds. The molecule has 0 fully saturated rings. The Morgan fingerprint density at radius 3 is 2.83 bits per heavy atom. The molecule has 0 aliphatic heterocycles. The average molecular weight is 199 g/mol. The second-order valence-electron chi connectivity index (χ2n) is 2.52. The summed E-state index contributed by atoms with van der Waals surface area (Å²) in [6, 6.07) is 3.63. The van der Waals surface area contributed by atoms with Gasteiger partial charge >= 0.3 is 0 Å². The zero-order valence-corrected chi connectivity index (χ0v) is 7.75. The summed E-state index contributed by atoms with van der Waals surface area (Å²) < 4.78 is 0.972. The summed E-state index contributed by atoms with van der Waals surface area (Å²) in [6.07, 6.45) is 0. The first-order valence-electron chi connectivity index (χ1n) is 3.41. The number of benzene rings is 1. The summed E-state index contributed by atoms with van der Waals surface area (Å²) >= 11 is 7.50. The van der Waals surface area contributed by atoms with Gasteiger partial charge in [-0.3, -0.25) is 0 Å². The largest absolute Gasteiger partial charge is 0.397 e. The van der Waals surface area contributed by atoms with Crippen molar-refractivity contribution in [3.05, 3.63) is 22.5 Å². The standard InChI is InChI=1S/C8H7ClN2S/c9-5-3-6(10)7(11)8-4(5)1-2-12-8/h1-3H,10-11H2. The van der Waals surface area contributed by atoms with Crippen LogP contribution in [0, 0.1) is 0 Å². The van der Waals surface area contributed by atoms with Crippen molar-refractivity contribution < 1.29 is 0 Å². The summed E-state index contributed by atoms with van der Waals surface area (Å²) in [5, 5.41) is 3.60. The average Bonchev–Trinajstić information content (AvgIpc) is 2.48. The molecule has 2 nitrogen and oxygen atoms in total. The summed E-state index contributed by atoms with van der Waals surface area (Å²) in [5.74, 6) is 0. The fourth-order valence-electron chi connectivity index (χ4n) is 1.13. The molecule has 4 heteroatoms. The van der Waals surface area contributed by atoms with Gasteiger partial charge in [0.1, 0.15) is 0 Å². The maximum atomic E-state index is 5.95. The Kier molecular flexibility index (Phi) is 1.63. The van der Waals surface area contributed by atoms with Crippen molar-refractivity contribution in [2.75, 3.05) is 11.5 Å². The Morgan fingerprint density at radius 2 is 2.08 bits per heavy atom. The van der Waals surface area contributed by atoms with Gasteiger partial charge in [-0.15, -0.1) is 11.3 Å². The third-order valence-electron chi connectivity index (χ3n) is 1.76. The van der Waals surface area contributed by atoms with Gasteiger partial charge in [-0.1, -0.05) is 11.6 Å². The number of rotatable bonds is 0. The molecule has 62 valence electrons. The van der Waals surface area contributed by atoms with Crippen LogP contribution in [0.5, 0.6) is 0 Å². The number of hydrogen-bond donors (Lipinski definition) is 2. The second-order valence-corrected chi connectivity index (χ2v) is 3.85. The minimum atomic E-state index is 0.551. The predicted molar refractivity (Wildman–Crippen MR) is 55.7 cm³/mol. The van der Waals surface area contributed by atoms with E-state index in [-0.39, 0.29) is 0 Å². The van der Waals surface area contributed by atoms with Crippen molar-refractivity contribution in [1.82, 2.24) is 0 Å². The molecule has 0 bridgehead atoms. The molecule has 4 N–H and O–H groups in total. The third kappa shape index (κ3) is 0.940. The minimum absolute atomic E-state index is 0.551. The van der Waals surface area contributed by atoms with Crippen LogP contribution in [-0.4, -0.2) is 0 Å². The van der Waals surface area contributed by atoms with Crippen LogP contribution >= 0.6 is 22.9 Å². The number of fused-ring (bicyclic) bond motifs is 1. The lowest BCUT2D eigenvalue weighted by atomic mass is 10.2. The van der Waals surface area contributed by atoms with Crippen molar-refractivity contribution in [2.24, 2.45) is 0 Å². The van der Waals surface area contributed by atoms with E-state index in [0.29, 0.717) is 16.4 Å². The Balaban J connectivity index is 2.97. The molecule has 0 saturated carbocycles. The Morgan fingerprint density at radius 1 is 1.33 bits per heavy atom. The highest BCUT2D eigenvalue weighted by Gasteiger charge is 2.06. The van der Waals surface area contributed by atoms with E-state index in [1.165, 1.54) is 0 Å². The maximum Gasteiger partial charge on any atom is 0.0729 e. The van der Waals surface area contributed by atoms with Crippen molar-refractivity contribution in [3.8, 4) is 0 Å². The van der Waals surface area contributed by atoms with Gasteiger partial charge < -0.3 is 11.5 Å². The summed E-state index contributed by atoms with van der Waals surface area (Å²) in [6.45, 7) is 0. The topological polar surface area (TPSA) is 52.0 Å². The number of nitrogen functional groups attached to an aromatic ring is 2. The summed E-state index contributed by atoms with van der Waals surface area (Å²) in [5.41, 5.74) is 12.6. The molecule has 0 unspecified atom stereocenters. The first kappa shape index (κ1) is 7.71. The monoisotopic (exact) mass is 198 g/mol. The van der Waals surface area contributed by atoms with E-state index in [2.05, 4.69) is 0 Å². The lowest BCUT2D eigenvalue weighted by molar-refractivity contribution is 1.76. The molecular weight excluding hydrogens is 192 g/mol. The Labute approximate surface area is 78.7 Å². The van der Waals surface area contributed by atoms with Crippen molar-refractivity contribution in [2.45, 2.75) is 0 Å². The second kappa shape index (κ2) is 2.54. The molecule has 2 aromatic rings. The molecule has 1 aromatic heterocycles. The molecular formula is C8H7ClN2S. The zero-order chi connectivity index (χ0) is 8.72. The van der Waals surface area contributed by atoms with Crippen molar-refractivity contribution >= 4 is 44.4 Å². The molecule has 1 aromatic carbocycles. The van der Waals surface area contributed by atoms with Gasteiger partial charge in [-0.25, -0.2) is 0 Å². The van der Waals surface area contributed by atoms with Gasteiger partial charge in [0, 0.05) is 5.39 Å². The Bertz CT molecular complexity index is 436. The van der Waals surface area contributed by atoms with Crippen molar-refractivity contribution in [1.29, 1.82) is 0 Å². The van der Waals surface area contributed by atoms with Crippen LogP contribution in [0.4, 0.5) is 11.4 Å². The van der Waals surface area contributed by atoms with Crippen LogP contribution in [-0.2, 0) is 0 Å². The van der Waals surface area contributed by atoms with E-state index in [1.54, 1.807) is 17.4 Å². The highest BCUT2D eigenvalue weighted by molar-refractivity contribution is 7.18. The normalized spacial score (nSPS) is 10.8. The van der Waals surface area contributed by atoms with E-state index >= 15 is 0 Å². The first-order chi connectivity index (χ1) is 5.70. The highest BCUT2D eigenvalue weighted by atomic mass is 35.5. The smallest absolute Gasteiger partial charge is 0.0729 e. The van der Waals surface area contributed by atoms with Crippen LogP contribution in [0.15, 0.2) is 17.5 Å². The van der Waals surface area contributed by atoms with Crippen molar-refractivity contribution in [3.63, 3.8) is 0 Å². The zero-order valence-electron chi connectivity index (χ0n) is 6.17. The van der Waals surface area contributed by atoms with Gasteiger partial charge in [-0.05, 0) is 17.5 Å². The highest BCUT2D eigenvalue weighted by Crippen LogP contribution is 2.36. The first-order valence-corrected chi connectivity index (χ1v) is 4.66. The summed E-state index contributed by atoms with van der Waals surface area (Å²) in [7, 11) is 0. The quantitative estimate of drug-likeness (QED) is 0.640. The molecule has 0 spiro atoms. The molecule has 0 saturated heterocycles. The SMILES string of the molecule is Nc1cc(Cl)c2ccsc2c1N. The van der Waals surface area contributed by atoms with E-state index in [9.17, 15) is 0 Å². The number of hydrogen-bond acceptors (Lipinski definition) is 3. The molecule has 0 aliphatic carbocycles. The minimum Gasteiger partial charge on any atom is -0.397 e. The van der Waals surface area contributed by atoms with Gasteiger partial charge in [0.25, 0.3) is 0 Å². The lowest BCUT2D eigenvalue weighted by Gasteiger charge is -2.02. The molecule has 12 heavy (non-hydrogen) atoms. The van der Waals surface area contributed by atoms with E-state index in [4.69, 9.17) is 23.1 Å². The van der Waals surface area contributed by atoms with Gasteiger partial charge in [-0.2, -0.15) is 0 Å². The summed E-state index contributed by atoms with van der Waals surface area (Å²) in [4.78, 5) is 0. The molecule has 0 radical (unpaired) electrons. The van der Waals surface area contributed by atoms with Crippen LogP contribution in [0.25, 0.3) is 10.1 Å². The van der Waals surface area contributed by atoms with Crippen LogP contribution in [0.2, 0.25) is 5.02 Å². The van der Waals surface area contributed by atoms with Crippen LogP contribution in [0.3, 0.4) is 0 Å². The van der Waals surface area contributed by atoms with Crippen LogP contribution < -0.4 is 11.5 Å². The van der Waals surface area contributed by atoms with Crippen LogP contribution in [0.1, 0.15) is 0 Å². The number of halogens is 1. The number of nitrogens with two attached hydrogens (primary N) is 2. The Hall–Kier alpha value is -0.930. The lowest BCUT2D eigenvalue weighted by Crippen LogP contribution is -1.93. The van der Waals surface area contributed by atoms with Gasteiger partial charge in [0.2, 0.25) is 0 Å². The van der Waals surface area contributed by atoms with E-state index < -0.39 is 0 Å². The van der Waals surface area contributed by atoms with Gasteiger partial charge in [0.05, 0.1) is 21.1 Å². The maximum absolute atomic E-state index is 5.95. The number of thiophene rings is 1. The third-order valence-corrected chi connectivity index (χ3v) is 3.02. The molecule has 0 atom stereocenters. The molecule has 0 aliphatic rings. The fourth-order valence-corrected chi connectivity index (χ4v) is 2.35. The van der Waals surface area contributed by atoms with E-state index in [1.807, 2.05) is 11.4 Å². The molecule has 1 heterocycles.